The van der Waals surface area contributed by atoms with Crippen LogP contribution < -0.4 is 0 Å². The molecule has 1 aromatic rings. The van der Waals surface area contributed by atoms with E-state index in [1.807, 2.05) is 0 Å². The van der Waals surface area contributed by atoms with Crippen LogP contribution >= 0.6 is 10.7 Å². The highest BCUT2D eigenvalue weighted by atomic mass is 35.7. The first-order chi connectivity index (χ1) is 5.59. The van der Waals surface area contributed by atoms with Crippen molar-refractivity contribution in [3.63, 3.8) is 0 Å². The number of rotatable bonds is 3. The van der Waals surface area contributed by atoms with Gasteiger partial charge in [-0.05, 0) is 23.7 Å². The minimum absolute atomic E-state index is 0.317. The number of nitrogens with zero attached hydrogens (tertiary/aromatic N) is 2. The van der Waals surface area contributed by atoms with Gasteiger partial charge in [0.2, 0.25) is 0 Å². The molecule has 1 heterocycles. The third-order valence-electron chi connectivity index (χ3n) is 1.23. The molecule has 2 atom stereocenters. The van der Waals surface area contributed by atoms with Crippen LogP contribution in [0, 0.1) is 0 Å². The number of aliphatic hydroxyl groups excluding tert-OH is 1. The van der Waals surface area contributed by atoms with Gasteiger partial charge < -0.3 is 5.11 Å². The monoisotopic (exact) mass is 208 g/mol. The Hall–Kier alpha value is -0.390. The summed E-state index contributed by atoms with van der Waals surface area (Å²) in [4.78, 5) is 0. The second-order valence-corrected chi connectivity index (χ2v) is 4.15. The SMILES string of the molecule is C[C@@H](O)Cn1ccc(S(=O)Cl)n1. The lowest BCUT2D eigenvalue weighted by Crippen LogP contribution is -2.12. The van der Waals surface area contributed by atoms with Crippen molar-refractivity contribution in [3.8, 4) is 0 Å². The molecule has 1 rings (SSSR count). The van der Waals surface area contributed by atoms with Gasteiger partial charge in [0.25, 0.3) is 0 Å². The lowest BCUT2D eigenvalue weighted by Gasteiger charge is -2.02. The molecule has 6 heteroatoms. The van der Waals surface area contributed by atoms with Gasteiger partial charge in [-0.3, -0.25) is 4.68 Å². The predicted molar refractivity (Wildman–Crippen MR) is 46.2 cm³/mol. The third kappa shape index (κ3) is 2.58. The number of aliphatic hydroxyl groups is 1. The van der Waals surface area contributed by atoms with Gasteiger partial charge in [0.15, 0.2) is 15.0 Å². The lowest BCUT2D eigenvalue weighted by atomic mass is 10.4. The van der Waals surface area contributed by atoms with Crippen LogP contribution in [0.2, 0.25) is 0 Å². The van der Waals surface area contributed by atoms with E-state index >= 15 is 0 Å². The summed E-state index contributed by atoms with van der Waals surface area (Å²) < 4.78 is 12.2. The summed E-state index contributed by atoms with van der Waals surface area (Å²) >= 11 is 0. The predicted octanol–water partition coefficient (Wildman–Crippen LogP) is 0.525. The summed E-state index contributed by atoms with van der Waals surface area (Å²) in [7, 11) is 3.72. The summed E-state index contributed by atoms with van der Waals surface area (Å²) in [5, 5.41) is 13.2. The average Bonchev–Trinajstić information content (AvgIpc) is 2.34. The summed E-state index contributed by atoms with van der Waals surface area (Å²) in [6.07, 6.45) is 1.16. The van der Waals surface area contributed by atoms with Crippen molar-refractivity contribution in [2.75, 3.05) is 0 Å². The Bertz CT molecular complexity index is 287. The maximum atomic E-state index is 10.7. The molecule has 0 saturated heterocycles. The van der Waals surface area contributed by atoms with Crippen molar-refractivity contribution < 1.29 is 9.32 Å². The Balaban J connectivity index is 2.71. The molecule has 0 aliphatic carbocycles. The van der Waals surface area contributed by atoms with E-state index in [1.54, 1.807) is 19.2 Å². The minimum atomic E-state index is -1.56. The van der Waals surface area contributed by atoms with E-state index in [0.717, 1.165) is 0 Å². The standard InChI is InChI=1S/C6H9ClN2O2S/c1-5(10)4-9-3-2-6(8-9)12(7)11/h2-3,5,10H,4H2,1H3/t5-,12?/m1/s1. The van der Waals surface area contributed by atoms with E-state index in [0.29, 0.717) is 11.6 Å². The molecule has 68 valence electrons. The normalized spacial score (nSPS) is 15.9. The topological polar surface area (TPSA) is 55.1 Å². The highest BCUT2D eigenvalue weighted by Crippen LogP contribution is 2.06. The lowest BCUT2D eigenvalue weighted by molar-refractivity contribution is 0.168. The van der Waals surface area contributed by atoms with Crippen molar-refractivity contribution in [3.05, 3.63) is 12.3 Å². The second-order valence-electron chi connectivity index (χ2n) is 2.45. The first-order valence-electron chi connectivity index (χ1n) is 3.39. The van der Waals surface area contributed by atoms with Crippen LogP contribution in [0.3, 0.4) is 0 Å². The Morgan fingerprint density at radius 3 is 3.00 bits per heavy atom. The van der Waals surface area contributed by atoms with E-state index in [4.69, 9.17) is 15.8 Å². The zero-order valence-corrected chi connectivity index (χ0v) is 8.05. The quantitative estimate of drug-likeness (QED) is 0.738. The van der Waals surface area contributed by atoms with E-state index in [9.17, 15) is 4.21 Å². The van der Waals surface area contributed by atoms with E-state index in [2.05, 4.69) is 5.10 Å². The molecular formula is C6H9ClN2O2S. The zero-order valence-electron chi connectivity index (χ0n) is 6.48. The van der Waals surface area contributed by atoms with E-state index in [1.165, 1.54) is 4.68 Å². The van der Waals surface area contributed by atoms with Crippen molar-refractivity contribution in [2.24, 2.45) is 0 Å². The maximum Gasteiger partial charge on any atom is 0.168 e. The van der Waals surface area contributed by atoms with Crippen LogP contribution in [-0.2, 0) is 16.6 Å². The average molecular weight is 209 g/mol. The first-order valence-corrected chi connectivity index (χ1v) is 5.36. The molecule has 1 unspecified atom stereocenters. The van der Waals surface area contributed by atoms with Gasteiger partial charge in [-0.1, -0.05) is 0 Å². The van der Waals surface area contributed by atoms with Crippen LogP contribution in [0.25, 0.3) is 0 Å². The smallest absolute Gasteiger partial charge is 0.168 e. The highest BCUT2D eigenvalue weighted by molar-refractivity contribution is 8.08. The summed E-state index contributed by atoms with van der Waals surface area (Å²) in [5.41, 5.74) is 0. The third-order valence-corrected chi connectivity index (χ3v) is 2.25. The summed E-state index contributed by atoms with van der Waals surface area (Å²) in [5.74, 6) is 0. The molecule has 1 aromatic heterocycles. The second kappa shape index (κ2) is 4.02. The van der Waals surface area contributed by atoms with Gasteiger partial charge in [0.05, 0.1) is 12.6 Å². The largest absolute Gasteiger partial charge is 0.391 e. The Morgan fingerprint density at radius 1 is 1.92 bits per heavy atom. The van der Waals surface area contributed by atoms with Gasteiger partial charge in [-0.2, -0.15) is 5.10 Å². The molecule has 4 nitrogen and oxygen atoms in total. The number of hydrogen-bond donors (Lipinski definition) is 1. The molecule has 0 aliphatic heterocycles. The zero-order chi connectivity index (χ0) is 9.14. The molecule has 0 saturated carbocycles. The fourth-order valence-corrected chi connectivity index (χ4v) is 1.38. The Morgan fingerprint density at radius 2 is 2.58 bits per heavy atom. The molecule has 0 aliphatic rings. The van der Waals surface area contributed by atoms with Crippen LogP contribution in [0.15, 0.2) is 17.3 Å². The fraction of sp³-hybridized carbons (Fsp3) is 0.500. The maximum absolute atomic E-state index is 10.7. The highest BCUT2D eigenvalue weighted by Gasteiger charge is 2.05. The molecule has 1 N–H and O–H groups in total. The van der Waals surface area contributed by atoms with E-state index < -0.39 is 16.1 Å². The van der Waals surface area contributed by atoms with Crippen molar-refractivity contribution >= 4 is 20.7 Å². The molecule has 0 radical (unpaired) electrons. The number of aromatic nitrogens is 2. The molecule has 0 aromatic carbocycles. The van der Waals surface area contributed by atoms with Crippen LogP contribution in [-0.4, -0.2) is 25.2 Å². The fourth-order valence-electron chi connectivity index (χ4n) is 0.801. The van der Waals surface area contributed by atoms with E-state index in [-0.39, 0.29) is 0 Å². The number of halogens is 1. The van der Waals surface area contributed by atoms with Gasteiger partial charge in [-0.25, -0.2) is 4.21 Å². The first kappa shape index (κ1) is 9.70. The van der Waals surface area contributed by atoms with Crippen LogP contribution in [0.1, 0.15) is 6.92 Å². The number of hydrogen-bond acceptors (Lipinski definition) is 3. The minimum Gasteiger partial charge on any atom is -0.391 e. The summed E-state index contributed by atoms with van der Waals surface area (Å²) in [6.45, 7) is 2.03. The van der Waals surface area contributed by atoms with Gasteiger partial charge in [0, 0.05) is 6.20 Å². The van der Waals surface area contributed by atoms with Gasteiger partial charge in [-0.15, -0.1) is 0 Å². The van der Waals surface area contributed by atoms with Crippen molar-refractivity contribution in [1.29, 1.82) is 0 Å². The molecule has 0 fully saturated rings. The summed E-state index contributed by atoms with van der Waals surface area (Å²) in [6, 6.07) is 1.56. The van der Waals surface area contributed by atoms with Crippen molar-refractivity contribution in [2.45, 2.75) is 24.6 Å². The van der Waals surface area contributed by atoms with Gasteiger partial charge >= 0.3 is 0 Å². The Labute approximate surface area is 77.1 Å². The Kier molecular flexibility index (Phi) is 3.25. The molecule has 0 amide bonds. The van der Waals surface area contributed by atoms with Crippen LogP contribution in [0.5, 0.6) is 0 Å². The van der Waals surface area contributed by atoms with Gasteiger partial charge in [0.1, 0.15) is 0 Å². The molecule has 0 spiro atoms. The molecule has 0 bridgehead atoms. The molecular weight excluding hydrogens is 200 g/mol. The van der Waals surface area contributed by atoms with Crippen molar-refractivity contribution in [1.82, 2.24) is 9.78 Å². The van der Waals surface area contributed by atoms with Crippen LogP contribution in [0.4, 0.5) is 0 Å². The molecule has 12 heavy (non-hydrogen) atoms.